The summed E-state index contributed by atoms with van der Waals surface area (Å²) in [6, 6.07) is 9.74. The Bertz CT molecular complexity index is 1070. The molecule has 8 nitrogen and oxygen atoms in total. The Hall–Kier alpha value is -3.29. The Morgan fingerprint density at radius 3 is 2.86 bits per heavy atom. The van der Waals surface area contributed by atoms with E-state index in [1.165, 1.54) is 0 Å². The number of aromatic nitrogens is 4. The topological polar surface area (TPSA) is 85.3 Å². The molecule has 0 spiro atoms. The molecule has 1 saturated heterocycles. The quantitative estimate of drug-likeness (QED) is 0.739. The molecular formula is C21H23N5O3. The summed E-state index contributed by atoms with van der Waals surface area (Å²) in [4.78, 5) is 15.0. The van der Waals surface area contributed by atoms with E-state index in [4.69, 9.17) is 9.47 Å². The van der Waals surface area contributed by atoms with Crippen LogP contribution in [0.1, 0.15) is 40.8 Å². The second-order valence-electron chi connectivity index (χ2n) is 7.65. The minimum Gasteiger partial charge on any atom is -0.454 e. The Balaban J connectivity index is 1.34. The normalized spacial score (nSPS) is 18.3. The van der Waals surface area contributed by atoms with Gasteiger partial charge < -0.3 is 14.4 Å². The summed E-state index contributed by atoms with van der Waals surface area (Å²) >= 11 is 0. The number of rotatable bonds is 3. The maximum absolute atomic E-state index is 13.1. The van der Waals surface area contributed by atoms with Gasteiger partial charge in [0.15, 0.2) is 11.5 Å². The van der Waals surface area contributed by atoms with Crippen LogP contribution in [0.5, 0.6) is 11.5 Å². The lowest BCUT2D eigenvalue weighted by atomic mass is 10.0. The highest BCUT2D eigenvalue weighted by Crippen LogP contribution is 2.35. The SMILES string of the molecule is Cc1cc(C)n(C2CCCN(C(=O)c3cc(-c4ccc5c(c4)OCO5)n[nH]3)C2)n1. The van der Waals surface area contributed by atoms with Crippen LogP contribution >= 0.6 is 0 Å². The molecule has 3 aromatic rings. The van der Waals surface area contributed by atoms with Gasteiger partial charge in [-0.25, -0.2) is 0 Å². The van der Waals surface area contributed by atoms with Crippen LogP contribution in [0.15, 0.2) is 30.3 Å². The van der Waals surface area contributed by atoms with Crippen LogP contribution in [0, 0.1) is 13.8 Å². The molecule has 2 aliphatic heterocycles. The van der Waals surface area contributed by atoms with E-state index in [-0.39, 0.29) is 18.7 Å². The maximum Gasteiger partial charge on any atom is 0.271 e. The predicted molar refractivity (Wildman–Crippen MR) is 106 cm³/mol. The molecule has 1 N–H and O–H groups in total. The Kier molecular flexibility index (Phi) is 4.26. The summed E-state index contributed by atoms with van der Waals surface area (Å²) in [5, 5.41) is 11.8. The van der Waals surface area contributed by atoms with E-state index < -0.39 is 0 Å². The highest BCUT2D eigenvalue weighted by molar-refractivity contribution is 5.93. The molecule has 150 valence electrons. The summed E-state index contributed by atoms with van der Waals surface area (Å²) in [7, 11) is 0. The van der Waals surface area contributed by atoms with E-state index in [1.54, 1.807) is 6.07 Å². The molecule has 1 amide bonds. The summed E-state index contributed by atoms with van der Waals surface area (Å²) in [5.41, 5.74) is 4.22. The van der Waals surface area contributed by atoms with Gasteiger partial charge in [-0.2, -0.15) is 10.2 Å². The molecule has 8 heteroatoms. The number of nitrogens with one attached hydrogen (secondary N) is 1. The number of likely N-dealkylation sites (tertiary alicyclic amines) is 1. The van der Waals surface area contributed by atoms with Crippen molar-refractivity contribution in [1.82, 2.24) is 24.9 Å². The van der Waals surface area contributed by atoms with Crippen LogP contribution < -0.4 is 9.47 Å². The summed E-state index contributed by atoms with van der Waals surface area (Å²) in [6.45, 7) is 5.69. The highest BCUT2D eigenvalue weighted by atomic mass is 16.7. The molecule has 2 aliphatic rings. The van der Waals surface area contributed by atoms with Crippen molar-refractivity contribution in [3.8, 4) is 22.8 Å². The van der Waals surface area contributed by atoms with Crippen molar-refractivity contribution in [3.05, 3.63) is 47.4 Å². The van der Waals surface area contributed by atoms with Crippen molar-refractivity contribution in [2.45, 2.75) is 32.7 Å². The zero-order chi connectivity index (χ0) is 20.0. The molecule has 1 aromatic carbocycles. The van der Waals surface area contributed by atoms with Crippen molar-refractivity contribution in [2.24, 2.45) is 0 Å². The van der Waals surface area contributed by atoms with Gasteiger partial charge in [0.1, 0.15) is 5.69 Å². The summed E-state index contributed by atoms with van der Waals surface area (Å²) in [6.07, 6.45) is 1.98. The van der Waals surface area contributed by atoms with Gasteiger partial charge >= 0.3 is 0 Å². The van der Waals surface area contributed by atoms with Gasteiger partial charge in [0.25, 0.3) is 5.91 Å². The van der Waals surface area contributed by atoms with E-state index in [0.29, 0.717) is 23.7 Å². The van der Waals surface area contributed by atoms with Crippen molar-refractivity contribution in [1.29, 1.82) is 0 Å². The van der Waals surface area contributed by atoms with Crippen molar-refractivity contribution >= 4 is 5.91 Å². The number of hydrogen-bond donors (Lipinski definition) is 1. The standard InChI is InChI=1S/C21H23N5O3/c1-13-8-14(2)26(24-13)16-4-3-7-25(11-16)21(27)18-10-17(22-23-18)15-5-6-19-20(9-15)29-12-28-19/h5-6,8-10,16H,3-4,7,11-12H2,1-2H3,(H,22,23). The van der Waals surface area contributed by atoms with Crippen LogP contribution in [-0.2, 0) is 0 Å². The van der Waals surface area contributed by atoms with Crippen molar-refractivity contribution < 1.29 is 14.3 Å². The third kappa shape index (κ3) is 3.24. The number of aryl methyl sites for hydroxylation is 2. The number of carbonyl (C=O) groups is 1. The first-order chi connectivity index (χ1) is 14.1. The molecular weight excluding hydrogens is 370 g/mol. The highest BCUT2D eigenvalue weighted by Gasteiger charge is 2.28. The number of amides is 1. The van der Waals surface area contributed by atoms with Gasteiger partial charge in [-0.3, -0.25) is 14.6 Å². The van der Waals surface area contributed by atoms with Crippen LogP contribution in [0.4, 0.5) is 0 Å². The number of fused-ring (bicyclic) bond motifs is 1. The number of benzene rings is 1. The monoisotopic (exact) mass is 393 g/mol. The molecule has 2 aromatic heterocycles. The zero-order valence-corrected chi connectivity index (χ0v) is 16.5. The van der Waals surface area contributed by atoms with Gasteiger partial charge in [-0.1, -0.05) is 0 Å². The van der Waals surface area contributed by atoms with E-state index >= 15 is 0 Å². The number of hydrogen-bond acceptors (Lipinski definition) is 5. The lowest BCUT2D eigenvalue weighted by molar-refractivity contribution is 0.0665. The molecule has 0 radical (unpaired) electrons. The smallest absolute Gasteiger partial charge is 0.271 e. The molecule has 29 heavy (non-hydrogen) atoms. The first-order valence-electron chi connectivity index (χ1n) is 9.86. The molecule has 4 heterocycles. The van der Waals surface area contributed by atoms with Crippen LogP contribution in [0.25, 0.3) is 11.3 Å². The number of piperidine rings is 1. The Morgan fingerprint density at radius 2 is 2.03 bits per heavy atom. The second-order valence-corrected chi connectivity index (χ2v) is 7.65. The van der Waals surface area contributed by atoms with Crippen LogP contribution in [-0.4, -0.2) is 50.7 Å². The molecule has 0 aliphatic carbocycles. The van der Waals surface area contributed by atoms with E-state index in [2.05, 4.69) is 33.0 Å². The third-order valence-corrected chi connectivity index (χ3v) is 5.55. The van der Waals surface area contributed by atoms with Gasteiger partial charge in [-0.15, -0.1) is 0 Å². The summed E-state index contributed by atoms with van der Waals surface area (Å²) < 4.78 is 12.8. The summed E-state index contributed by atoms with van der Waals surface area (Å²) in [5.74, 6) is 1.39. The Morgan fingerprint density at radius 1 is 1.17 bits per heavy atom. The van der Waals surface area contributed by atoms with Crippen LogP contribution in [0.3, 0.4) is 0 Å². The number of nitrogens with zero attached hydrogens (tertiary/aromatic N) is 4. The van der Waals surface area contributed by atoms with E-state index in [0.717, 1.165) is 42.1 Å². The first-order valence-corrected chi connectivity index (χ1v) is 9.86. The number of ether oxygens (including phenoxy) is 2. The second kappa shape index (κ2) is 6.95. The fourth-order valence-corrected chi connectivity index (χ4v) is 4.16. The van der Waals surface area contributed by atoms with Gasteiger partial charge in [0, 0.05) is 24.3 Å². The molecule has 1 unspecified atom stereocenters. The predicted octanol–water partition coefficient (Wildman–Crippen LogP) is 3.10. The average Bonchev–Trinajstić information content (AvgIpc) is 3.46. The molecule has 0 bridgehead atoms. The first kappa shape index (κ1) is 17.8. The lowest BCUT2D eigenvalue weighted by Crippen LogP contribution is -2.41. The fourth-order valence-electron chi connectivity index (χ4n) is 4.16. The van der Waals surface area contributed by atoms with Gasteiger partial charge in [-0.05, 0) is 57.0 Å². The number of carbonyl (C=O) groups excluding carboxylic acids is 1. The molecule has 1 atom stereocenters. The zero-order valence-electron chi connectivity index (χ0n) is 16.5. The van der Waals surface area contributed by atoms with Gasteiger partial charge in [0.2, 0.25) is 6.79 Å². The van der Waals surface area contributed by atoms with Crippen molar-refractivity contribution in [3.63, 3.8) is 0 Å². The average molecular weight is 393 g/mol. The molecule has 0 saturated carbocycles. The minimum atomic E-state index is -0.0317. The van der Waals surface area contributed by atoms with Crippen molar-refractivity contribution in [2.75, 3.05) is 19.9 Å². The maximum atomic E-state index is 13.1. The largest absolute Gasteiger partial charge is 0.454 e. The molecule has 1 fully saturated rings. The van der Waals surface area contributed by atoms with Crippen LogP contribution in [0.2, 0.25) is 0 Å². The van der Waals surface area contributed by atoms with E-state index in [1.807, 2.05) is 30.0 Å². The van der Waals surface area contributed by atoms with E-state index in [9.17, 15) is 4.79 Å². The van der Waals surface area contributed by atoms with Gasteiger partial charge in [0.05, 0.1) is 17.4 Å². The fraction of sp³-hybridized carbons (Fsp3) is 0.381. The third-order valence-electron chi connectivity index (χ3n) is 5.55. The number of H-pyrrole nitrogens is 1. The Labute approximate surface area is 168 Å². The molecule has 5 rings (SSSR count). The minimum absolute atomic E-state index is 0.0317. The number of aromatic amines is 1. The lowest BCUT2D eigenvalue weighted by Gasteiger charge is -2.33.